The van der Waals surface area contributed by atoms with Crippen molar-refractivity contribution in [1.29, 1.82) is 0 Å². The van der Waals surface area contributed by atoms with Crippen LogP contribution < -0.4 is 0 Å². The Morgan fingerprint density at radius 2 is 1.72 bits per heavy atom. The lowest BCUT2D eigenvalue weighted by Gasteiger charge is -2.39. The van der Waals surface area contributed by atoms with Crippen LogP contribution in [-0.2, 0) is 14.0 Å². The number of carbonyl (C=O) groups excluding carboxylic acids is 1. The van der Waals surface area contributed by atoms with E-state index in [0.717, 1.165) is 6.42 Å². The summed E-state index contributed by atoms with van der Waals surface area (Å²) in [5.74, 6) is -0.286. The Kier molecular flexibility index (Phi) is 9.87. The maximum absolute atomic E-state index is 11.4. The molecule has 0 fully saturated rings. The minimum atomic E-state index is -1.85. The molecule has 0 radical (unpaired) electrons. The van der Waals surface area contributed by atoms with Crippen LogP contribution in [0.1, 0.15) is 73.6 Å². The minimum Gasteiger partial charge on any atom is -0.462 e. The fourth-order valence-corrected chi connectivity index (χ4v) is 4.09. The van der Waals surface area contributed by atoms with Crippen molar-refractivity contribution in [3.8, 4) is 0 Å². The maximum Gasteiger partial charge on any atom is 0.302 e. The number of aliphatic hydroxyl groups is 2. The van der Waals surface area contributed by atoms with Gasteiger partial charge in [-0.05, 0) is 57.7 Å². The third-order valence-electron chi connectivity index (χ3n) is 5.12. The Bertz CT molecular complexity index is 401. The molecule has 0 unspecified atom stereocenters. The van der Waals surface area contributed by atoms with Crippen LogP contribution in [0.2, 0.25) is 18.1 Å². The summed E-state index contributed by atoms with van der Waals surface area (Å²) in [5.41, 5.74) is -0.876. The highest BCUT2D eigenvalue weighted by Gasteiger charge is 2.38. The molecule has 0 saturated heterocycles. The topological polar surface area (TPSA) is 76.0 Å². The molecular formula is C19H40O5Si. The second-order valence-corrected chi connectivity index (χ2v) is 13.8. The lowest BCUT2D eigenvalue weighted by atomic mass is 9.94. The van der Waals surface area contributed by atoms with Gasteiger partial charge in [0.05, 0.1) is 5.60 Å². The van der Waals surface area contributed by atoms with Gasteiger partial charge in [-0.2, -0.15) is 0 Å². The van der Waals surface area contributed by atoms with Crippen LogP contribution in [0.3, 0.4) is 0 Å². The van der Waals surface area contributed by atoms with Crippen molar-refractivity contribution in [2.75, 3.05) is 6.61 Å². The molecule has 0 aromatic carbocycles. The molecule has 3 atom stereocenters. The Morgan fingerprint density at radius 1 is 1.16 bits per heavy atom. The number of esters is 1. The van der Waals surface area contributed by atoms with Crippen LogP contribution in [0.25, 0.3) is 0 Å². The van der Waals surface area contributed by atoms with Crippen LogP contribution in [0, 0.1) is 0 Å². The van der Waals surface area contributed by atoms with E-state index in [0.29, 0.717) is 25.7 Å². The summed E-state index contributed by atoms with van der Waals surface area (Å²) in [6, 6.07) is 0. The van der Waals surface area contributed by atoms with Crippen molar-refractivity contribution in [1.82, 2.24) is 0 Å². The Labute approximate surface area is 155 Å². The predicted octanol–water partition coefficient (Wildman–Crippen LogP) is 4.02. The number of ether oxygens (including phenoxy) is 1. The summed E-state index contributed by atoms with van der Waals surface area (Å²) in [5, 5.41) is 19.3. The van der Waals surface area contributed by atoms with E-state index in [-0.39, 0.29) is 29.8 Å². The van der Waals surface area contributed by atoms with Gasteiger partial charge in [0, 0.05) is 26.1 Å². The van der Waals surface area contributed by atoms with Gasteiger partial charge in [-0.1, -0.05) is 20.8 Å². The molecule has 0 spiro atoms. The third kappa shape index (κ3) is 10.3. The molecule has 150 valence electrons. The highest BCUT2D eigenvalue weighted by molar-refractivity contribution is 6.74. The van der Waals surface area contributed by atoms with Gasteiger partial charge >= 0.3 is 5.97 Å². The number of rotatable bonds is 11. The van der Waals surface area contributed by atoms with E-state index in [9.17, 15) is 9.90 Å². The molecule has 0 bridgehead atoms. The fourth-order valence-electron chi connectivity index (χ4n) is 2.63. The molecule has 0 rings (SSSR count). The van der Waals surface area contributed by atoms with E-state index < -0.39 is 13.9 Å². The van der Waals surface area contributed by atoms with Crippen molar-refractivity contribution in [3.63, 3.8) is 0 Å². The van der Waals surface area contributed by atoms with Gasteiger partial charge in [0.1, 0.15) is 6.10 Å². The SMILES string of the molecule is CC(=O)O[C@@H](CCC[C@@](C)(O)CCO)C[C@@H](C)O[Si](C)(C)C(C)(C)C. The van der Waals surface area contributed by atoms with Crippen molar-refractivity contribution in [2.24, 2.45) is 0 Å². The van der Waals surface area contributed by atoms with Gasteiger partial charge in [0.25, 0.3) is 0 Å². The zero-order valence-corrected chi connectivity index (χ0v) is 18.5. The Balaban J connectivity index is 4.65. The van der Waals surface area contributed by atoms with Gasteiger partial charge in [0.2, 0.25) is 0 Å². The van der Waals surface area contributed by atoms with E-state index in [2.05, 4.69) is 33.9 Å². The van der Waals surface area contributed by atoms with Crippen molar-refractivity contribution >= 4 is 14.3 Å². The van der Waals surface area contributed by atoms with Gasteiger partial charge in [-0.15, -0.1) is 0 Å². The molecule has 0 heterocycles. The summed E-state index contributed by atoms with van der Waals surface area (Å²) in [4.78, 5) is 11.4. The van der Waals surface area contributed by atoms with Crippen LogP contribution >= 0.6 is 0 Å². The summed E-state index contributed by atoms with van der Waals surface area (Å²) >= 11 is 0. The highest BCUT2D eigenvalue weighted by Crippen LogP contribution is 2.37. The van der Waals surface area contributed by atoms with E-state index in [1.807, 2.05) is 6.92 Å². The summed E-state index contributed by atoms with van der Waals surface area (Å²) < 4.78 is 11.8. The first kappa shape index (κ1) is 24.6. The standard InChI is InChI=1S/C19H40O5Si/c1-15(24-25(7,8)18(3,4)5)14-17(23-16(2)21)10-9-11-19(6,22)12-13-20/h15,17,20,22H,9-14H2,1-8H3/t15-,17+,19-/m1/s1. The Hall–Kier alpha value is -0.433. The van der Waals surface area contributed by atoms with Gasteiger partial charge in [-0.25, -0.2) is 0 Å². The normalized spacial score (nSPS) is 17.7. The maximum atomic E-state index is 11.4. The Morgan fingerprint density at radius 3 is 2.16 bits per heavy atom. The summed E-state index contributed by atoms with van der Waals surface area (Å²) in [6.07, 6.45) is 2.82. The first-order valence-electron chi connectivity index (χ1n) is 9.38. The zero-order chi connectivity index (χ0) is 19.9. The van der Waals surface area contributed by atoms with Crippen molar-refractivity contribution in [3.05, 3.63) is 0 Å². The average Bonchev–Trinajstić information content (AvgIpc) is 2.34. The van der Waals surface area contributed by atoms with E-state index in [4.69, 9.17) is 14.3 Å². The first-order valence-corrected chi connectivity index (χ1v) is 12.3. The largest absolute Gasteiger partial charge is 0.462 e. The van der Waals surface area contributed by atoms with E-state index in [1.54, 1.807) is 6.92 Å². The molecule has 0 amide bonds. The highest BCUT2D eigenvalue weighted by atomic mass is 28.4. The lowest BCUT2D eigenvalue weighted by molar-refractivity contribution is -0.148. The number of carbonyl (C=O) groups is 1. The molecule has 0 aromatic heterocycles. The van der Waals surface area contributed by atoms with Crippen LogP contribution in [0.4, 0.5) is 0 Å². The number of hydrogen-bond acceptors (Lipinski definition) is 5. The molecule has 0 aromatic rings. The fraction of sp³-hybridized carbons (Fsp3) is 0.947. The van der Waals surface area contributed by atoms with E-state index >= 15 is 0 Å². The van der Waals surface area contributed by atoms with Gasteiger partial charge < -0.3 is 19.4 Å². The monoisotopic (exact) mass is 376 g/mol. The number of aliphatic hydroxyl groups excluding tert-OH is 1. The predicted molar refractivity (Wildman–Crippen MR) is 104 cm³/mol. The molecule has 0 aliphatic heterocycles. The molecular weight excluding hydrogens is 336 g/mol. The molecule has 25 heavy (non-hydrogen) atoms. The number of hydrogen-bond donors (Lipinski definition) is 2. The van der Waals surface area contributed by atoms with Crippen LogP contribution in [-0.4, -0.2) is 48.9 Å². The van der Waals surface area contributed by atoms with Crippen molar-refractivity contribution in [2.45, 2.75) is 110 Å². The van der Waals surface area contributed by atoms with Crippen LogP contribution in [0.15, 0.2) is 0 Å². The molecule has 0 aliphatic carbocycles. The zero-order valence-electron chi connectivity index (χ0n) is 17.5. The van der Waals surface area contributed by atoms with Gasteiger partial charge in [-0.3, -0.25) is 4.79 Å². The molecule has 6 heteroatoms. The molecule has 5 nitrogen and oxygen atoms in total. The quantitative estimate of drug-likeness (QED) is 0.421. The summed E-state index contributed by atoms with van der Waals surface area (Å²) in [6.45, 7) is 16.2. The molecule has 0 saturated carbocycles. The smallest absolute Gasteiger partial charge is 0.302 e. The van der Waals surface area contributed by atoms with E-state index in [1.165, 1.54) is 6.92 Å². The second kappa shape index (κ2) is 10.0. The minimum absolute atomic E-state index is 0.0168. The van der Waals surface area contributed by atoms with Gasteiger partial charge in [0.15, 0.2) is 8.32 Å². The second-order valence-electron chi connectivity index (χ2n) is 9.02. The average molecular weight is 377 g/mol. The van der Waals surface area contributed by atoms with Crippen LogP contribution in [0.5, 0.6) is 0 Å². The lowest BCUT2D eigenvalue weighted by Crippen LogP contribution is -2.44. The third-order valence-corrected chi connectivity index (χ3v) is 9.73. The molecule has 2 N–H and O–H groups in total. The summed E-state index contributed by atoms with van der Waals surface area (Å²) in [7, 11) is -1.85. The first-order chi connectivity index (χ1) is 11.2. The molecule has 0 aliphatic rings. The van der Waals surface area contributed by atoms with Crippen molar-refractivity contribution < 1.29 is 24.2 Å².